The summed E-state index contributed by atoms with van der Waals surface area (Å²) in [5, 5.41) is 8.80. The summed E-state index contributed by atoms with van der Waals surface area (Å²) in [5.74, 6) is 0. The van der Waals surface area contributed by atoms with Crippen molar-refractivity contribution in [2.45, 2.75) is 39.5 Å². The molecular weight excluding hydrogens is 225 g/mol. The molecule has 0 amide bonds. The van der Waals surface area contributed by atoms with Crippen molar-refractivity contribution in [3.63, 3.8) is 0 Å². The standard InChI is InChI=1S/C11H20NO3P/c1-3-14-16(13,15-4-2)10-11(8-9-12)6-5-7-11/h3-8,10H2,1-2H3. The van der Waals surface area contributed by atoms with Crippen molar-refractivity contribution in [3.8, 4) is 6.07 Å². The van der Waals surface area contributed by atoms with Gasteiger partial charge in [-0.3, -0.25) is 4.57 Å². The molecule has 0 aromatic heterocycles. The van der Waals surface area contributed by atoms with Crippen molar-refractivity contribution in [2.75, 3.05) is 19.4 Å². The van der Waals surface area contributed by atoms with Crippen LogP contribution in [0.2, 0.25) is 0 Å². The number of hydrogen-bond acceptors (Lipinski definition) is 4. The molecule has 16 heavy (non-hydrogen) atoms. The topological polar surface area (TPSA) is 59.3 Å². The molecular formula is C11H20NO3P. The predicted octanol–water partition coefficient (Wildman–Crippen LogP) is 3.34. The minimum Gasteiger partial charge on any atom is -0.309 e. The Balaban J connectivity index is 2.66. The second kappa shape index (κ2) is 5.82. The molecule has 0 saturated heterocycles. The van der Waals surface area contributed by atoms with E-state index in [0.717, 1.165) is 19.3 Å². The summed E-state index contributed by atoms with van der Waals surface area (Å²) < 4.78 is 22.9. The Kier molecular flexibility index (Phi) is 4.98. The van der Waals surface area contributed by atoms with E-state index in [-0.39, 0.29) is 5.41 Å². The monoisotopic (exact) mass is 245 g/mol. The van der Waals surface area contributed by atoms with Crippen LogP contribution in [0.5, 0.6) is 0 Å². The summed E-state index contributed by atoms with van der Waals surface area (Å²) in [7, 11) is -2.99. The lowest BCUT2D eigenvalue weighted by molar-refractivity contribution is 0.143. The second-order valence-electron chi connectivity index (χ2n) is 4.29. The molecule has 0 atom stereocenters. The Morgan fingerprint density at radius 2 is 1.88 bits per heavy atom. The fourth-order valence-electron chi connectivity index (χ4n) is 2.17. The van der Waals surface area contributed by atoms with Crippen molar-refractivity contribution in [1.29, 1.82) is 5.26 Å². The van der Waals surface area contributed by atoms with E-state index in [1.165, 1.54) is 0 Å². The molecule has 92 valence electrons. The largest absolute Gasteiger partial charge is 0.331 e. The van der Waals surface area contributed by atoms with E-state index in [4.69, 9.17) is 14.3 Å². The van der Waals surface area contributed by atoms with Crippen LogP contribution in [-0.4, -0.2) is 19.4 Å². The van der Waals surface area contributed by atoms with Crippen LogP contribution >= 0.6 is 7.60 Å². The number of hydrogen-bond donors (Lipinski definition) is 0. The third-order valence-electron chi connectivity index (χ3n) is 3.05. The molecule has 0 bridgehead atoms. The molecule has 0 N–H and O–H groups in total. The normalized spacial score (nSPS) is 18.8. The Bertz CT molecular complexity index is 297. The Morgan fingerprint density at radius 3 is 2.19 bits per heavy atom. The molecule has 0 aliphatic heterocycles. The zero-order chi connectivity index (χ0) is 12.1. The third kappa shape index (κ3) is 3.31. The van der Waals surface area contributed by atoms with Gasteiger partial charge in [0.2, 0.25) is 0 Å². The van der Waals surface area contributed by atoms with Crippen LogP contribution in [0.25, 0.3) is 0 Å². The fraction of sp³-hybridized carbons (Fsp3) is 0.909. The van der Waals surface area contributed by atoms with Crippen molar-refractivity contribution < 1.29 is 13.6 Å². The average Bonchev–Trinajstić information content (AvgIpc) is 2.15. The van der Waals surface area contributed by atoms with Gasteiger partial charge in [0.05, 0.1) is 25.4 Å². The molecule has 1 saturated carbocycles. The van der Waals surface area contributed by atoms with E-state index in [9.17, 15) is 4.57 Å². The van der Waals surface area contributed by atoms with E-state index >= 15 is 0 Å². The maximum Gasteiger partial charge on any atom is 0.331 e. The summed E-state index contributed by atoms with van der Waals surface area (Å²) in [4.78, 5) is 0. The van der Waals surface area contributed by atoms with Crippen LogP contribution in [-0.2, 0) is 13.6 Å². The van der Waals surface area contributed by atoms with Gasteiger partial charge in [0.25, 0.3) is 0 Å². The summed E-state index contributed by atoms with van der Waals surface area (Å²) in [6.45, 7) is 4.40. The first kappa shape index (κ1) is 13.7. The zero-order valence-electron chi connectivity index (χ0n) is 10.1. The Labute approximate surface area is 97.5 Å². The highest BCUT2D eigenvalue weighted by Gasteiger charge is 2.44. The molecule has 0 spiro atoms. The van der Waals surface area contributed by atoms with Crippen molar-refractivity contribution in [2.24, 2.45) is 5.41 Å². The third-order valence-corrected chi connectivity index (χ3v) is 5.41. The van der Waals surface area contributed by atoms with E-state index < -0.39 is 7.60 Å². The van der Waals surface area contributed by atoms with Gasteiger partial charge in [-0.1, -0.05) is 6.42 Å². The van der Waals surface area contributed by atoms with E-state index in [2.05, 4.69) is 6.07 Å². The summed E-state index contributed by atoms with van der Waals surface area (Å²) >= 11 is 0. The molecule has 1 fully saturated rings. The van der Waals surface area contributed by atoms with Crippen molar-refractivity contribution in [1.82, 2.24) is 0 Å². The van der Waals surface area contributed by atoms with Gasteiger partial charge in [-0.2, -0.15) is 5.26 Å². The number of nitriles is 1. The van der Waals surface area contributed by atoms with Gasteiger partial charge in [-0.25, -0.2) is 0 Å². The maximum atomic E-state index is 12.3. The quantitative estimate of drug-likeness (QED) is 0.645. The van der Waals surface area contributed by atoms with E-state index in [0.29, 0.717) is 25.8 Å². The fourth-order valence-corrected chi connectivity index (χ4v) is 4.46. The molecule has 0 unspecified atom stereocenters. The van der Waals surface area contributed by atoms with Gasteiger partial charge in [0.15, 0.2) is 0 Å². The molecule has 0 aromatic rings. The second-order valence-corrected chi connectivity index (χ2v) is 6.35. The maximum absolute atomic E-state index is 12.3. The molecule has 0 radical (unpaired) electrons. The lowest BCUT2D eigenvalue weighted by Gasteiger charge is -2.41. The molecule has 0 heterocycles. The lowest BCUT2D eigenvalue weighted by Crippen LogP contribution is -2.33. The van der Waals surface area contributed by atoms with E-state index in [1.54, 1.807) is 0 Å². The average molecular weight is 245 g/mol. The highest BCUT2D eigenvalue weighted by Crippen LogP contribution is 2.58. The highest BCUT2D eigenvalue weighted by atomic mass is 31.2. The number of nitrogens with zero attached hydrogens (tertiary/aromatic N) is 1. The molecule has 5 heteroatoms. The van der Waals surface area contributed by atoms with Crippen LogP contribution in [0.4, 0.5) is 0 Å². The van der Waals surface area contributed by atoms with Crippen LogP contribution in [0.3, 0.4) is 0 Å². The van der Waals surface area contributed by atoms with Gasteiger partial charge < -0.3 is 9.05 Å². The lowest BCUT2D eigenvalue weighted by atomic mass is 9.68. The van der Waals surface area contributed by atoms with Crippen LogP contribution in [0.1, 0.15) is 39.5 Å². The molecule has 4 nitrogen and oxygen atoms in total. The molecule has 1 rings (SSSR count). The van der Waals surface area contributed by atoms with Gasteiger partial charge in [-0.05, 0) is 32.1 Å². The van der Waals surface area contributed by atoms with Gasteiger partial charge >= 0.3 is 7.60 Å². The first-order valence-electron chi connectivity index (χ1n) is 5.85. The van der Waals surface area contributed by atoms with Gasteiger partial charge in [0.1, 0.15) is 0 Å². The smallest absolute Gasteiger partial charge is 0.309 e. The first-order chi connectivity index (χ1) is 7.60. The summed E-state index contributed by atoms with van der Waals surface area (Å²) in [6.07, 6.45) is 3.89. The minimum absolute atomic E-state index is 0.116. The Hall–Kier alpha value is -0.360. The summed E-state index contributed by atoms with van der Waals surface area (Å²) in [6, 6.07) is 2.19. The molecule has 1 aliphatic rings. The summed E-state index contributed by atoms with van der Waals surface area (Å²) in [5.41, 5.74) is -0.116. The Morgan fingerprint density at radius 1 is 1.31 bits per heavy atom. The zero-order valence-corrected chi connectivity index (χ0v) is 11.0. The highest BCUT2D eigenvalue weighted by molar-refractivity contribution is 7.53. The minimum atomic E-state index is -2.99. The van der Waals surface area contributed by atoms with Crippen LogP contribution in [0, 0.1) is 16.7 Å². The van der Waals surface area contributed by atoms with Gasteiger partial charge in [0, 0.05) is 6.42 Å². The number of rotatable bonds is 7. The van der Waals surface area contributed by atoms with Crippen molar-refractivity contribution in [3.05, 3.63) is 0 Å². The van der Waals surface area contributed by atoms with Crippen LogP contribution < -0.4 is 0 Å². The molecule has 0 aromatic carbocycles. The van der Waals surface area contributed by atoms with Gasteiger partial charge in [-0.15, -0.1) is 0 Å². The SMILES string of the molecule is CCOP(=O)(CC1(CC#N)CCC1)OCC. The van der Waals surface area contributed by atoms with Crippen molar-refractivity contribution >= 4 is 7.60 Å². The predicted molar refractivity (Wildman–Crippen MR) is 62.2 cm³/mol. The first-order valence-corrected chi connectivity index (χ1v) is 7.57. The van der Waals surface area contributed by atoms with Crippen LogP contribution in [0.15, 0.2) is 0 Å². The molecule has 1 aliphatic carbocycles. The van der Waals surface area contributed by atoms with E-state index in [1.807, 2.05) is 13.8 Å².